The van der Waals surface area contributed by atoms with Gasteiger partial charge in [-0.15, -0.1) is 0 Å². The third kappa shape index (κ3) is 0.814. The van der Waals surface area contributed by atoms with Gasteiger partial charge in [0.2, 0.25) is 5.91 Å². The predicted molar refractivity (Wildman–Crippen MR) is 39.4 cm³/mol. The van der Waals surface area contributed by atoms with Gasteiger partial charge in [-0.1, -0.05) is 0 Å². The number of carbonyl (C=O) groups excluding carboxylic acids is 1. The molecule has 0 saturated carbocycles. The highest BCUT2D eigenvalue weighted by molar-refractivity contribution is 5.88. The van der Waals surface area contributed by atoms with Crippen molar-refractivity contribution in [2.45, 2.75) is 13.8 Å². The van der Waals surface area contributed by atoms with Crippen LogP contribution in [0, 0.1) is 5.41 Å². The molecule has 0 bridgehead atoms. The number of hydrogen-bond acceptors (Lipinski definition) is 2. The molecule has 1 aliphatic rings. The molecule has 3 heteroatoms. The molecular weight excluding hydrogens is 128 g/mol. The molecule has 3 nitrogen and oxygen atoms in total. The Hall–Kier alpha value is -0.570. The Morgan fingerprint density at radius 1 is 1.80 bits per heavy atom. The lowest BCUT2D eigenvalue weighted by atomic mass is 9.81. The molecule has 1 fully saturated rings. The maximum atomic E-state index is 11.2. The van der Waals surface area contributed by atoms with E-state index in [0.717, 1.165) is 13.1 Å². The molecule has 1 rings (SSSR count). The number of nitrogens with two attached hydrogens (primary N) is 1. The van der Waals surface area contributed by atoms with E-state index in [2.05, 4.69) is 0 Å². The van der Waals surface area contributed by atoms with Crippen LogP contribution in [0.15, 0.2) is 0 Å². The van der Waals surface area contributed by atoms with E-state index in [1.54, 1.807) is 0 Å². The summed E-state index contributed by atoms with van der Waals surface area (Å²) in [6.45, 7) is 6.02. The lowest BCUT2D eigenvalue weighted by Gasteiger charge is -2.45. The van der Waals surface area contributed by atoms with Crippen LogP contribution in [0.25, 0.3) is 0 Å². The number of rotatable bonds is 2. The highest BCUT2D eigenvalue weighted by atomic mass is 16.2. The molecule has 2 N–H and O–H groups in total. The van der Waals surface area contributed by atoms with Gasteiger partial charge in [0.25, 0.3) is 0 Å². The first-order valence-electron chi connectivity index (χ1n) is 3.63. The van der Waals surface area contributed by atoms with E-state index < -0.39 is 0 Å². The topological polar surface area (TPSA) is 46.3 Å². The summed E-state index contributed by atoms with van der Waals surface area (Å²) < 4.78 is 0. The average Bonchev–Trinajstić information content (AvgIpc) is 1.98. The van der Waals surface area contributed by atoms with Gasteiger partial charge in [-0.05, 0) is 13.8 Å². The van der Waals surface area contributed by atoms with Crippen molar-refractivity contribution in [3.05, 3.63) is 0 Å². The highest BCUT2D eigenvalue weighted by Crippen LogP contribution is 2.29. The van der Waals surface area contributed by atoms with Gasteiger partial charge in [-0.25, -0.2) is 0 Å². The third-order valence-electron chi connectivity index (χ3n) is 2.18. The quantitative estimate of drug-likeness (QED) is 0.543. The Kier molecular flexibility index (Phi) is 1.68. The first kappa shape index (κ1) is 7.54. The Labute approximate surface area is 61.2 Å². The van der Waals surface area contributed by atoms with E-state index in [4.69, 9.17) is 5.73 Å². The van der Waals surface area contributed by atoms with Crippen LogP contribution in [0.5, 0.6) is 0 Å². The van der Waals surface area contributed by atoms with Crippen molar-refractivity contribution >= 4 is 5.91 Å². The molecule has 1 atom stereocenters. The van der Waals surface area contributed by atoms with Crippen LogP contribution in [0.4, 0.5) is 0 Å². The largest absolute Gasteiger partial charge is 0.341 e. The minimum atomic E-state index is -0.240. The summed E-state index contributed by atoms with van der Waals surface area (Å²) in [6, 6.07) is 0. The first-order chi connectivity index (χ1) is 4.64. The highest BCUT2D eigenvalue weighted by Gasteiger charge is 2.45. The fourth-order valence-corrected chi connectivity index (χ4v) is 1.26. The number of amides is 1. The number of nitrogens with zero attached hydrogens (tertiary/aromatic N) is 1. The van der Waals surface area contributed by atoms with Crippen LogP contribution in [-0.4, -0.2) is 30.4 Å². The van der Waals surface area contributed by atoms with Crippen LogP contribution >= 0.6 is 0 Å². The summed E-state index contributed by atoms with van der Waals surface area (Å²) in [4.78, 5) is 13.0. The molecule has 0 aliphatic carbocycles. The molecule has 10 heavy (non-hydrogen) atoms. The Morgan fingerprint density at radius 3 is 2.70 bits per heavy atom. The second-order valence-electron chi connectivity index (χ2n) is 3.08. The Balaban J connectivity index is 2.53. The molecule has 1 aliphatic heterocycles. The van der Waals surface area contributed by atoms with Crippen molar-refractivity contribution in [2.24, 2.45) is 11.1 Å². The van der Waals surface area contributed by atoms with Gasteiger partial charge in [0, 0.05) is 19.6 Å². The fraction of sp³-hybridized carbons (Fsp3) is 0.857. The van der Waals surface area contributed by atoms with E-state index in [9.17, 15) is 4.79 Å². The molecular formula is C7H14N2O. The number of likely N-dealkylation sites (tertiary alicyclic amines) is 1. The summed E-state index contributed by atoms with van der Waals surface area (Å²) in [7, 11) is 0. The van der Waals surface area contributed by atoms with Gasteiger partial charge in [-0.3, -0.25) is 4.79 Å². The lowest BCUT2D eigenvalue weighted by molar-refractivity contribution is -0.156. The number of hydrogen-bond donors (Lipinski definition) is 1. The van der Waals surface area contributed by atoms with E-state index in [-0.39, 0.29) is 11.3 Å². The molecule has 1 unspecified atom stereocenters. The zero-order chi connectivity index (χ0) is 7.78. The molecule has 0 aromatic carbocycles. The van der Waals surface area contributed by atoms with Gasteiger partial charge in [-0.2, -0.15) is 0 Å². The number of carbonyl (C=O) groups is 1. The standard InChI is InChI=1S/C7H14N2O/c1-3-9-5-7(2,4-8)6(9)10/h3-5,8H2,1-2H3. The van der Waals surface area contributed by atoms with Crippen LogP contribution in [0.2, 0.25) is 0 Å². The molecule has 1 amide bonds. The van der Waals surface area contributed by atoms with Crippen molar-refractivity contribution in [3.63, 3.8) is 0 Å². The minimum Gasteiger partial charge on any atom is -0.341 e. The van der Waals surface area contributed by atoms with Crippen molar-refractivity contribution < 1.29 is 4.79 Å². The second-order valence-corrected chi connectivity index (χ2v) is 3.08. The Morgan fingerprint density at radius 2 is 2.40 bits per heavy atom. The van der Waals surface area contributed by atoms with Gasteiger partial charge < -0.3 is 10.6 Å². The van der Waals surface area contributed by atoms with Crippen molar-refractivity contribution in [1.82, 2.24) is 4.90 Å². The van der Waals surface area contributed by atoms with Crippen LogP contribution in [-0.2, 0) is 4.79 Å². The molecule has 0 radical (unpaired) electrons. The summed E-state index contributed by atoms with van der Waals surface area (Å²) in [5, 5.41) is 0. The monoisotopic (exact) mass is 142 g/mol. The molecule has 1 saturated heterocycles. The van der Waals surface area contributed by atoms with E-state index >= 15 is 0 Å². The average molecular weight is 142 g/mol. The summed E-state index contributed by atoms with van der Waals surface area (Å²) in [5.74, 6) is 0.206. The second kappa shape index (κ2) is 2.23. The zero-order valence-corrected chi connectivity index (χ0v) is 6.55. The minimum absolute atomic E-state index is 0.206. The first-order valence-corrected chi connectivity index (χ1v) is 3.63. The van der Waals surface area contributed by atoms with E-state index in [0.29, 0.717) is 6.54 Å². The molecule has 0 aromatic heterocycles. The maximum absolute atomic E-state index is 11.2. The third-order valence-corrected chi connectivity index (χ3v) is 2.18. The van der Waals surface area contributed by atoms with Gasteiger partial charge in [0.05, 0.1) is 5.41 Å². The predicted octanol–water partition coefficient (Wildman–Crippen LogP) is -0.186. The van der Waals surface area contributed by atoms with Gasteiger partial charge in [0.1, 0.15) is 0 Å². The van der Waals surface area contributed by atoms with Crippen molar-refractivity contribution in [3.8, 4) is 0 Å². The number of β-lactam (4-membered cyclic amide) rings is 1. The smallest absolute Gasteiger partial charge is 0.231 e. The Bertz CT molecular complexity index is 158. The van der Waals surface area contributed by atoms with Crippen molar-refractivity contribution in [1.29, 1.82) is 0 Å². The van der Waals surface area contributed by atoms with Gasteiger partial charge >= 0.3 is 0 Å². The molecule has 1 heterocycles. The molecule has 0 spiro atoms. The lowest BCUT2D eigenvalue weighted by Crippen LogP contribution is -2.62. The maximum Gasteiger partial charge on any atom is 0.231 e. The normalized spacial score (nSPS) is 32.3. The summed E-state index contributed by atoms with van der Waals surface area (Å²) in [5.41, 5.74) is 5.19. The molecule has 58 valence electrons. The SMILES string of the molecule is CCN1CC(C)(CN)C1=O. The molecule has 0 aromatic rings. The van der Waals surface area contributed by atoms with Crippen LogP contribution < -0.4 is 5.73 Å². The van der Waals surface area contributed by atoms with Crippen LogP contribution in [0.3, 0.4) is 0 Å². The van der Waals surface area contributed by atoms with E-state index in [1.165, 1.54) is 0 Å². The summed E-state index contributed by atoms with van der Waals surface area (Å²) >= 11 is 0. The zero-order valence-electron chi connectivity index (χ0n) is 6.55. The van der Waals surface area contributed by atoms with E-state index in [1.807, 2.05) is 18.7 Å². The van der Waals surface area contributed by atoms with Crippen molar-refractivity contribution in [2.75, 3.05) is 19.6 Å². The summed E-state index contributed by atoms with van der Waals surface area (Å²) in [6.07, 6.45) is 0. The van der Waals surface area contributed by atoms with Crippen LogP contribution in [0.1, 0.15) is 13.8 Å². The van der Waals surface area contributed by atoms with Gasteiger partial charge in [0.15, 0.2) is 0 Å². The fourth-order valence-electron chi connectivity index (χ4n) is 1.26.